The Bertz CT molecular complexity index is 531. The molecule has 2 amide bonds. The second-order valence-electron chi connectivity index (χ2n) is 6.71. The summed E-state index contributed by atoms with van der Waals surface area (Å²) in [4.78, 5) is 23.8. The van der Waals surface area contributed by atoms with Crippen LogP contribution >= 0.6 is 11.8 Å². The molecule has 0 aliphatic heterocycles. The third-order valence-corrected chi connectivity index (χ3v) is 4.89. The quantitative estimate of drug-likeness (QED) is 0.548. The average Bonchev–Trinajstić information content (AvgIpc) is 2.96. The molecule has 0 aromatic carbocycles. The number of carbonyl (C=O) groups excluding carboxylic acids is 2. The maximum atomic E-state index is 12.0. The fourth-order valence-electron chi connectivity index (χ4n) is 2.24. The third-order valence-electron chi connectivity index (χ3n) is 3.74. The Hall–Kier alpha value is -1.50. The van der Waals surface area contributed by atoms with Gasteiger partial charge in [-0.3, -0.25) is 9.59 Å². The van der Waals surface area contributed by atoms with Gasteiger partial charge in [-0.15, -0.1) is 11.8 Å². The Balaban J connectivity index is 2.07. The van der Waals surface area contributed by atoms with Crippen LogP contribution in [-0.4, -0.2) is 34.5 Å². The molecule has 0 radical (unpaired) electrons. The average molecular weight is 370 g/mol. The van der Waals surface area contributed by atoms with Crippen LogP contribution in [0.2, 0.25) is 0 Å². The number of anilines is 1. The molecule has 1 aromatic rings. The van der Waals surface area contributed by atoms with Crippen molar-refractivity contribution in [3.05, 3.63) is 11.8 Å². The molecule has 0 saturated carbocycles. The molecule has 7 heteroatoms. The molecule has 6 nitrogen and oxygen atoms in total. The summed E-state index contributed by atoms with van der Waals surface area (Å²) in [7, 11) is 0. The SMILES string of the molecule is Cc1cc(NC(=O)C(C)SCC(=O)NCCCCCCC(C)C)no1. The van der Waals surface area contributed by atoms with Gasteiger partial charge in [0.25, 0.3) is 0 Å². The van der Waals surface area contributed by atoms with Gasteiger partial charge in [-0.05, 0) is 26.2 Å². The first-order chi connectivity index (χ1) is 11.9. The zero-order chi connectivity index (χ0) is 18.7. The van der Waals surface area contributed by atoms with Gasteiger partial charge in [-0.25, -0.2) is 0 Å². The second kappa shape index (κ2) is 12.0. The number of hydrogen-bond donors (Lipinski definition) is 2. The normalized spacial score (nSPS) is 12.2. The highest BCUT2D eigenvalue weighted by molar-refractivity contribution is 8.01. The van der Waals surface area contributed by atoms with Crippen molar-refractivity contribution < 1.29 is 14.1 Å². The van der Waals surface area contributed by atoms with E-state index in [1.54, 1.807) is 19.9 Å². The van der Waals surface area contributed by atoms with E-state index in [4.69, 9.17) is 4.52 Å². The van der Waals surface area contributed by atoms with E-state index in [1.165, 1.54) is 31.0 Å². The van der Waals surface area contributed by atoms with Gasteiger partial charge in [-0.1, -0.05) is 44.7 Å². The van der Waals surface area contributed by atoms with E-state index in [9.17, 15) is 9.59 Å². The number of nitrogens with one attached hydrogen (secondary N) is 2. The minimum atomic E-state index is -0.334. The molecular formula is C18H31N3O3S. The Kier molecular flexibility index (Phi) is 10.3. The minimum absolute atomic E-state index is 0.0240. The van der Waals surface area contributed by atoms with Crippen LogP contribution in [0.1, 0.15) is 58.6 Å². The zero-order valence-electron chi connectivity index (χ0n) is 15.8. The minimum Gasteiger partial charge on any atom is -0.360 e. The second-order valence-corrected chi connectivity index (χ2v) is 8.04. The molecule has 0 fully saturated rings. The molecule has 1 unspecified atom stereocenters. The first kappa shape index (κ1) is 21.5. The number of hydrogen-bond acceptors (Lipinski definition) is 5. The summed E-state index contributed by atoms with van der Waals surface area (Å²) in [5.41, 5.74) is 0. The lowest BCUT2D eigenvalue weighted by Gasteiger charge is -2.10. The van der Waals surface area contributed by atoms with Crippen LogP contribution in [0.25, 0.3) is 0 Å². The van der Waals surface area contributed by atoms with Gasteiger partial charge in [0.2, 0.25) is 11.8 Å². The van der Waals surface area contributed by atoms with Crippen molar-refractivity contribution in [2.24, 2.45) is 5.92 Å². The van der Waals surface area contributed by atoms with Crippen molar-refractivity contribution >= 4 is 29.4 Å². The number of aromatic nitrogens is 1. The maximum absolute atomic E-state index is 12.0. The van der Waals surface area contributed by atoms with Crippen LogP contribution in [0, 0.1) is 12.8 Å². The van der Waals surface area contributed by atoms with Crippen LogP contribution in [0.5, 0.6) is 0 Å². The van der Waals surface area contributed by atoms with Gasteiger partial charge in [0.05, 0.1) is 11.0 Å². The molecule has 25 heavy (non-hydrogen) atoms. The van der Waals surface area contributed by atoms with Crippen molar-refractivity contribution in [1.29, 1.82) is 0 Å². The number of amides is 2. The Morgan fingerprint density at radius 2 is 1.92 bits per heavy atom. The number of thioether (sulfide) groups is 1. The zero-order valence-corrected chi connectivity index (χ0v) is 16.6. The van der Waals surface area contributed by atoms with Crippen LogP contribution < -0.4 is 10.6 Å². The largest absolute Gasteiger partial charge is 0.360 e. The number of rotatable bonds is 12. The van der Waals surface area contributed by atoms with E-state index in [-0.39, 0.29) is 22.8 Å². The van der Waals surface area contributed by atoms with Crippen molar-refractivity contribution in [2.75, 3.05) is 17.6 Å². The lowest BCUT2D eigenvalue weighted by molar-refractivity contribution is -0.118. The van der Waals surface area contributed by atoms with E-state index >= 15 is 0 Å². The summed E-state index contributed by atoms with van der Waals surface area (Å²) in [6.45, 7) is 8.72. The summed E-state index contributed by atoms with van der Waals surface area (Å²) >= 11 is 1.31. The molecule has 1 rings (SSSR count). The van der Waals surface area contributed by atoms with Gasteiger partial charge in [0, 0.05) is 12.6 Å². The summed E-state index contributed by atoms with van der Waals surface area (Å²) in [6, 6.07) is 1.66. The van der Waals surface area contributed by atoms with Crippen molar-refractivity contribution in [2.45, 2.75) is 65.0 Å². The molecule has 1 heterocycles. The van der Waals surface area contributed by atoms with Crippen LogP contribution in [0.4, 0.5) is 5.82 Å². The van der Waals surface area contributed by atoms with Crippen molar-refractivity contribution in [3.8, 4) is 0 Å². The Morgan fingerprint density at radius 3 is 2.56 bits per heavy atom. The van der Waals surface area contributed by atoms with Gasteiger partial charge < -0.3 is 15.2 Å². The predicted molar refractivity (Wildman–Crippen MR) is 103 cm³/mol. The smallest absolute Gasteiger partial charge is 0.238 e. The highest BCUT2D eigenvalue weighted by Crippen LogP contribution is 2.14. The van der Waals surface area contributed by atoms with E-state index < -0.39 is 0 Å². The van der Waals surface area contributed by atoms with Gasteiger partial charge in [0.15, 0.2) is 5.82 Å². The van der Waals surface area contributed by atoms with E-state index in [0.717, 1.165) is 18.8 Å². The molecule has 0 aliphatic rings. The number of carbonyl (C=O) groups is 2. The molecule has 2 N–H and O–H groups in total. The Labute approximate surface area is 154 Å². The monoisotopic (exact) mass is 369 g/mol. The summed E-state index contributed by atoms with van der Waals surface area (Å²) < 4.78 is 4.90. The summed E-state index contributed by atoms with van der Waals surface area (Å²) in [6.07, 6.45) is 5.92. The molecule has 0 bridgehead atoms. The fraction of sp³-hybridized carbons (Fsp3) is 0.722. The van der Waals surface area contributed by atoms with Gasteiger partial charge >= 0.3 is 0 Å². The lowest BCUT2D eigenvalue weighted by Crippen LogP contribution is -2.29. The first-order valence-electron chi connectivity index (χ1n) is 9.01. The first-order valence-corrected chi connectivity index (χ1v) is 10.1. The summed E-state index contributed by atoms with van der Waals surface area (Å²) in [5, 5.41) is 8.96. The maximum Gasteiger partial charge on any atom is 0.238 e. The van der Waals surface area contributed by atoms with E-state index in [2.05, 4.69) is 29.6 Å². The third kappa shape index (κ3) is 10.2. The fourth-order valence-corrected chi connectivity index (χ4v) is 2.95. The number of aryl methyl sites for hydroxylation is 1. The lowest BCUT2D eigenvalue weighted by atomic mass is 10.0. The molecule has 142 valence electrons. The topological polar surface area (TPSA) is 84.2 Å². The Morgan fingerprint density at radius 1 is 1.20 bits per heavy atom. The van der Waals surface area contributed by atoms with E-state index in [0.29, 0.717) is 18.1 Å². The molecule has 1 aromatic heterocycles. The highest BCUT2D eigenvalue weighted by Gasteiger charge is 2.16. The van der Waals surface area contributed by atoms with Crippen LogP contribution in [0.3, 0.4) is 0 Å². The molecule has 1 atom stereocenters. The van der Waals surface area contributed by atoms with Crippen LogP contribution in [0.15, 0.2) is 10.6 Å². The number of nitrogens with zero attached hydrogens (tertiary/aromatic N) is 1. The van der Waals surface area contributed by atoms with Gasteiger partial charge in [-0.2, -0.15) is 0 Å². The van der Waals surface area contributed by atoms with E-state index in [1.807, 2.05) is 0 Å². The molecular weight excluding hydrogens is 338 g/mol. The predicted octanol–water partition coefficient (Wildman–Crippen LogP) is 3.77. The molecule has 0 aliphatic carbocycles. The van der Waals surface area contributed by atoms with Gasteiger partial charge in [0.1, 0.15) is 5.76 Å². The van der Waals surface area contributed by atoms with Crippen molar-refractivity contribution in [3.63, 3.8) is 0 Å². The van der Waals surface area contributed by atoms with Crippen molar-refractivity contribution in [1.82, 2.24) is 10.5 Å². The summed E-state index contributed by atoms with van der Waals surface area (Å²) in [5.74, 6) is 1.88. The molecule has 0 saturated heterocycles. The standard InChI is InChI=1S/C18H31N3O3S/c1-13(2)9-7-5-6-8-10-19-17(22)12-25-15(4)18(23)20-16-11-14(3)24-21-16/h11,13,15H,5-10,12H2,1-4H3,(H,19,22)(H,20,21,23). The molecule has 0 spiro atoms. The number of unbranched alkanes of at least 4 members (excludes halogenated alkanes) is 3. The van der Waals surface area contributed by atoms with Crippen LogP contribution in [-0.2, 0) is 9.59 Å². The highest BCUT2D eigenvalue weighted by atomic mass is 32.2.